The second-order valence-electron chi connectivity index (χ2n) is 5.17. The fourth-order valence-electron chi connectivity index (χ4n) is 2.31. The van der Waals surface area contributed by atoms with Crippen LogP contribution in [-0.2, 0) is 14.4 Å². The van der Waals surface area contributed by atoms with Crippen LogP contribution >= 0.6 is 23.2 Å². The molecule has 2 aromatic carbocycles. The van der Waals surface area contributed by atoms with Gasteiger partial charge in [-0.2, -0.15) is 0 Å². The fourth-order valence-corrected chi connectivity index (χ4v) is 2.99. The quantitative estimate of drug-likeness (QED) is 0.360. The fraction of sp³-hybridized carbons (Fsp3) is 0. The number of carbonyl (C=O) groups excluding carboxylic acids is 3. The Balaban J connectivity index is 2.10. The van der Waals surface area contributed by atoms with Gasteiger partial charge in [0.25, 0.3) is 11.7 Å². The standard InChI is InChI=1S/C16H7Cl2N3O6/c17-8-6-9-10(11(18)13(8)21(25)26)12(14(22)15(23)19-9)20-27-16(24)7-4-2-1-3-5-7/h1-6H,(H,19,23). The molecule has 9 nitrogen and oxygen atoms in total. The molecule has 1 aliphatic rings. The molecule has 27 heavy (non-hydrogen) atoms. The zero-order valence-electron chi connectivity index (χ0n) is 13.1. The van der Waals surface area contributed by atoms with Gasteiger partial charge in [0.2, 0.25) is 0 Å². The molecule has 2 aromatic rings. The largest absolute Gasteiger partial charge is 0.365 e. The number of Topliss-reactive ketones (excluding diaryl/α,β-unsaturated/α-hetero) is 1. The van der Waals surface area contributed by atoms with Gasteiger partial charge in [0.05, 0.1) is 21.7 Å². The summed E-state index contributed by atoms with van der Waals surface area (Å²) in [6.07, 6.45) is 0. The van der Waals surface area contributed by atoms with Gasteiger partial charge in [-0.25, -0.2) is 4.79 Å². The molecule has 1 aliphatic heterocycles. The molecule has 0 saturated heterocycles. The van der Waals surface area contributed by atoms with Crippen LogP contribution in [0.25, 0.3) is 0 Å². The molecule has 1 N–H and O–H groups in total. The van der Waals surface area contributed by atoms with Crippen molar-refractivity contribution >= 4 is 57.9 Å². The third kappa shape index (κ3) is 3.37. The van der Waals surface area contributed by atoms with Crippen molar-refractivity contribution in [3.8, 4) is 0 Å². The van der Waals surface area contributed by atoms with Crippen molar-refractivity contribution in [2.75, 3.05) is 5.32 Å². The Labute approximate surface area is 160 Å². The SMILES string of the molecule is O=C1Nc2cc(Cl)c([N+](=O)[O-])c(Cl)c2C(=NOC(=O)c2ccccc2)C1=O. The number of nitro benzene ring substituents is 1. The first kappa shape index (κ1) is 18.5. The highest BCUT2D eigenvalue weighted by Crippen LogP contribution is 2.41. The first-order valence-corrected chi connectivity index (χ1v) is 7.93. The predicted molar refractivity (Wildman–Crippen MR) is 95.1 cm³/mol. The molecule has 1 heterocycles. The van der Waals surface area contributed by atoms with E-state index in [0.29, 0.717) is 0 Å². The number of rotatable bonds is 3. The van der Waals surface area contributed by atoms with Gasteiger partial charge in [-0.3, -0.25) is 19.7 Å². The van der Waals surface area contributed by atoms with Crippen molar-refractivity contribution in [1.82, 2.24) is 0 Å². The van der Waals surface area contributed by atoms with E-state index in [9.17, 15) is 24.5 Å². The van der Waals surface area contributed by atoms with Crippen LogP contribution in [0.2, 0.25) is 10.0 Å². The molecule has 0 spiro atoms. The number of oxime groups is 1. The number of hydrogen-bond donors (Lipinski definition) is 1. The molecular weight excluding hydrogens is 401 g/mol. The molecule has 0 atom stereocenters. The lowest BCUT2D eigenvalue weighted by molar-refractivity contribution is -0.384. The number of nitro groups is 1. The van der Waals surface area contributed by atoms with Crippen LogP contribution in [0, 0.1) is 10.1 Å². The maximum atomic E-state index is 12.2. The maximum Gasteiger partial charge on any atom is 0.365 e. The third-order valence-electron chi connectivity index (χ3n) is 3.51. The zero-order valence-corrected chi connectivity index (χ0v) is 14.6. The Morgan fingerprint density at radius 1 is 1.19 bits per heavy atom. The van der Waals surface area contributed by atoms with Crippen molar-refractivity contribution in [2.45, 2.75) is 0 Å². The maximum absolute atomic E-state index is 12.2. The number of halogens is 2. The lowest BCUT2D eigenvalue weighted by Gasteiger charge is -2.18. The molecule has 0 aliphatic carbocycles. The van der Waals surface area contributed by atoms with Crippen LogP contribution < -0.4 is 5.32 Å². The minimum Gasteiger partial charge on any atom is -0.318 e. The van der Waals surface area contributed by atoms with Gasteiger partial charge >= 0.3 is 11.7 Å². The number of anilines is 1. The number of benzene rings is 2. The highest BCUT2D eigenvalue weighted by Gasteiger charge is 2.37. The molecule has 0 bridgehead atoms. The lowest BCUT2D eigenvalue weighted by atomic mass is 9.99. The first-order valence-electron chi connectivity index (χ1n) is 7.18. The minimum absolute atomic E-state index is 0.0743. The first-order chi connectivity index (χ1) is 12.8. The molecule has 11 heteroatoms. The second kappa shape index (κ2) is 7.14. The lowest BCUT2D eigenvalue weighted by Crippen LogP contribution is -2.36. The van der Waals surface area contributed by atoms with E-state index in [-0.39, 0.29) is 21.8 Å². The Kier molecular flexibility index (Phi) is 4.89. The number of amides is 1. The summed E-state index contributed by atoms with van der Waals surface area (Å²) in [5.74, 6) is -3.16. The molecular formula is C16H7Cl2N3O6. The number of carbonyl (C=O) groups is 3. The molecule has 0 radical (unpaired) electrons. The summed E-state index contributed by atoms with van der Waals surface area (Å²) in [6.45, 7) is 0. The van der Waals surface area contributed by atoms with Crippen LogP contribution in [0.3, 0.4) is 0 Å². The zero-order chi connectivity index (χ0) is 19.7. The van der Waals surface area contributed by atoms with E-state index in [2.05, 4.69) is 10.5 Å². The van der Waals surface area contributed by atoms with Crippen LogP contribution in [0.4, 0.5) is 11.4 Å². The van der Waals surface area contributed by atoms with E-state index in [1.807, 2.05) is 0 Å². The van der Waals surface area contributed by atoms with Crippen LogP contribution in [0.15, 0.2) is 41.6 Å². The summed E-state index contributed by atoms with van der Waals surface area (Å²) in [5, 5.41) is 15.9. The number of fused-ring (bicyclic) bond motifs is 1. The van der Waals surface area contributed by atoms with Crippen molar-refractivity contribution in [3.63, 3.8) is 0 Å². The van der Waals surface area contributed by atoms with Crippen LogP contribution in [-0.4, -0.2) is 28.3 Å². The Morgan fingerprint density at radius 3 is 2.48 bits per heavy atom. The van der Waals surface area contributed by atoms with Crippen LogP contribution in [0.5, 0.6) is 0 Å². The summed E-state index contributed by atoms with van der Waals surface area (Å²) in [5.41, 5.74) is -1.53. The van der Waals surface area contributed by atoms with E-state index in [4.69, 9.17) is 28.0 Å². The number of ketones is 1. The number of nitrogens with zero attached hydrogens (tertiary/aromatic N) is 2. The molecule has 1 amide bonds. The van der Waals surface area contributed by atoms with Crippen LogP contribution in [0.1, 0.15) is 15.9 Å². The smallest absolute Gasteiger partial charge is 0.318 e. The summed E-state index contributed by atoms with van der Waals surface area (Å²) in [4.78, 5) is 51.0. The molecule has 0 unspecified atom stereocenters. The van der Waals surface area contributed by atoms with Crippen molar-refractivity contribution in [2.24, 2.45) is 5.16 Å². The average Bonchev–Trinajstić information content (AvgIpc) is 2.62. The van der Waals surface area contributed by atoms with Gasteiger partial charge in [-0.15, -0.1) is 0 Å². The summed E-state index contributed by atoms with van der Waals surface area (Å²) >= 11 is 11.8. The van der Waals surface area contributed by atoms with Gasteiger partial charge in [-0.1, -0.05) is 46.6 Å². The summed E-state index contributed by atoms with van der Waals surface area (Å²) in [6, 6.07) is 8.80. The van der Waals surface area contributed by atoms with Crippen molar-refractivity contribution < 1.29 is 24.1 Å². The minimum atomic E-state index is -1.18. The molecule has 0 saturated carbocycles. The third-order valence-corrected chi connectivity index (χ3v) is 4.17. The number of hydrogen-bond acceptors (Lipinski definition) is 7. The number of nitrogens with one attached hydrogen (secondary N) is 1. The van der Waals surface area contributed by atoms with Crippen molar-refractivity contribution in [3.05, 3.63) is 67.7 Å². The topological polar surface area (TPSA) is 128 Å². The van der Waals surface area contributed by atoms with E-state index in [1.165, 1.54) is 12.1 Å². The molecule has 0 fully saturated rings. The summed E-state index contributed by atoms with van der Waals surface area (Å²) < 4.78 is 0. The predicted octanol–water partition coefficient (Wildman–Crippen LogP) is 2.98. The van der Waals surface area contributed by atoms with Gasteiger partial charge in [0.15, 0.2) is 5.71 Å². The van der Waals surface area contributed by atoms with Gasteiger partial charge < -0.3 is 10.2 Å². The Bertz CT molecular complexity index is 1040. The van der Waals surface area contributed by atoms with Gasteiger partial charge in [0, 0.05) is 0 Å². The summed E-state index contributed by atoms with van der Waals surface area (Å²) in [7, 11) is 0. The van der Waals surface area contributed by atoms with E-state index >= 15 is 0 Å². The molecule has 136 valence electrons. The molecule has 0 aromatic heterocycles. The van der Waals surface area contributed by atoms with Gasteiger partial charge in [0.1, 0.15) is 10.0 Å². The molecule has 3 rings (SSSR count). The second-order valence-corrected chi connectivity index (χ2v) is 5.95. The highest BCUT2D eigenvalue weighted by atomic mass is 35.5. The van der Waals surface area contributed by atoms with E-state index in [0.717, 1.165) is 6.07 Å². The Morgan fingerprint density at radius 2 is 1.85 bits per heavy atom. The van der Waals surface area contributed by atoms with E-state index < -0.39 is 39.0 Å². The van der Waals surface area contributed by atoms with Crippen molar-refractivity contribution in [1.29, 1.82) is 0 Å². The van der Waals surface area contributed by atoms with E-state index in [1.54, 1.807) is 18.2 Å². The highest BCUT2D eigenvalue weighted by molar-refractivity contribution is 6.73. The normalized spacial score (nSPS) is 14.5. The monoisotopic (exact) mass is 407 g/mol. The Hall–Kier alpha value is -3.30. The van der Waals surface area contributed by atoms with Gasteiger partial charge in [-0.05, 0) is 18.2 Å². The average molecular weight is 408 g/mol.